The first-order valence-corrected chi connectivity index (χ1v) is 10.5. The van der Waals surface area contributed by atoms with Crippen LogP contribution in [0.5, 0.6) is 0 Å². The number of thioether (sulfide) groups is 2. The van der Waals surface area contributed by atoms with Crippen molar-refractivity contribution in [2.75, 3.05) is 11.5 Å². The molecule has 2 aromatic rings. The summed E-state index contributed by atoms with van der Waals surface area (Å²) >= 11 is 3.35. The van der Waals surface area contributed by atoms with Gasteiger partial charge in [-0.05, 0) is 60.4 Å². The molecule has 4 rings (SSSR count). The third kappa shape index (κ3) is 3.69. The predicted molar refractivity (Wildman–Crippen MR) is 101 cm³/mol. The van der Waals surface area contributed by atoms with Gasteiger partial charge in [-0.3, -0.25) is 0 Å². The van der Waals surface area contributed by atoms with Gasteiger partial charge in [0.15, 0.2) is 0 Å². The molecule has 0 saturated carbocycles. The molecule has 3 nitrogen and oxygen atoms in total. The van der Waals surface area contributed by atoms with Crippen LogP contribution in [0.4, 0.5) is 13.6 Å². The Balaban J connectivity index is 1.48. The van der Waals surface area contributed by atoms with Gasteiger partial charge in [-0.2, -0.15) is 0 Å². The van der Waals surface area contributed by atoms with Gasteiger partial charge in [0.1, 0.15) is 11.6 Å². The molecule has 0 unspecified atom stereocenters. The van der Waals surface area contributed by atoms with Gasteiger partial charge in [0.05, 0.1) is 12.1 Å². The van der Waals surface area contributed by atoms with Gasteiger partial charge in [-0.15, -0.1) is 23.5 Å². The number of hydrogen-bond donors (Lipinski definition) is 2. The highest BCUT2D eigenvalue weighted by Gasteiger charge is 2.26. The number of carbonyl (C=O) groups is 1. The predicted octanol–water partition coefficient (Wildman–Crippen LogP) is 5.04. The second-order valence-corrected chi connectivity index (χ2v) is 8.64. The standard InChI is InChI=1S/C19H18F2N2OS2/c20-11-1-3-17-13(9-11)15(5-7-25-17)22-19(24)23-16-6-8-26-18-4-2-12(21)10-14(16)18/h1-4,9-10,15-16H,5-8H2,(H2,22,23,24)/t15-,16-/m1/s1. The number of hydrogen-bond acceptors (Lipinski definition) is 3. The monoisotopic (exact) mass is 392 g/mol. The fraction of sp³-hybridized carbons (Fsp3) is 0.316. The van der Waals surface area contributed by atoms with Gasteiger partial charge in [0.2, 0.25) is 0 Å². The van der Waals surface area contributed by atoms with Gasteiger partial charge in [0.25, 0.3) is 0 Å². The second-order valence-electron chi connectivity index (χ2n) is 6.36. The molecular weight excluding hydrogens is 374 g/mol. The van der Waals surface area contributed by atoms with Crippen LogP contribution < -0.4 is 10.6 Å². The molecule has 0 radical (unpaired) electrons. The van der Waals surface area contributed by atoms with Gasteiger partial charge in [-0.1, -0.05) is 0 Å². The van der Waals surface area contributed by atoms with Crippen molar-refractivity contribution in [3.63, 3.8) is 0 Å². The van der Waals surface area contributed by atoms with E-state index in [2.05, 4.69) is 10.6 Å². The number of carbonyl (C=O) groups excluding carboxylic acids is 1. The molecule has 7 heteroatoms. The minimum absolute atomic E-state index is 0.216. The minimum atomic E-state index is -0.302. The summed E-state index contributed by atoms with van der Waals surface area (Å²) in [5.74, 6) is 1.15. The molecule has 2 heterocycles. The molecule has 26 heavy (non-hydrogen) atoms. The molecule has 2 N–H and O–H groups in total. The first kappa shape index (κ1) is 17.7. The maximum atomic E-state index is 13.6. The summed E-state index contributed by atoms with van der Waals surface area (Å²) < 4.78 is 27.2. The van der Waals surface area contributed by atoms with Crippen molar-refractivity contribution in [1.82, 2.24) is 10.6 Å². The van der Waals surface area contributed by atoms with Crippen LogP contribution in [-0.4, -0.2) is 17.5 Å². The number of benzene rings is 2. The summed E-state index contributed by atoms with van der Waals surface area (Å²) in [6.07, 6.45) is 1.50. The smallest absolute Gasteiger partial charge is 0.315 e. The fourth-order valence-electron chi connectivity index (χ4n) is 3.39. The molecule has 2 aliphatic rings. The SMILES string of the molecule is O=C(N[C@@H]1CCSc2ccc(F)cc21)N[C@@H]1CCSc2ccc(F)cc21. The highest BCUT2D eigenvalue weighted by Crippen LogP contribution is 2.38. The Morgan fingerprint density at radius 3 is 1.77 bits per heavy atom. The number of amides is 2. The van der Waals surface area contributed by atoms with Crippen molar-refractivity contribution >= 4 is 29.6 Å². The second kappa shape index (κ2) is 7.48. The summed E-state index contributed by atoms with van der Waals surface area (Å²) in [6, 6.07) is 8.67. The van der Waals surface area contributed by atoms with Crippen LogP contribution in [-0.2, 0) is 0 Å². The van der Waals surface area contributed by atoms with Crippen LogP contribution >= 0.6 is 23.5 Å². The highest BCUT2D eigenvalue weighted by molar-refractivity contribution is 7.99. The third-order valence-electron chi connectivity index (χ3n) is 4.63. The Morgan fingerprint density at radius 2 is 1.31 bits per heavy atom. The Labute approximate surface area is 159 Å². The zero-order valence-corrected chi connectivity index (χ0v) is 15.6. The molecule has 2 aromatic carbocycles. The maximum Gasteiger partial charge on any atom is 0.315 e. The van der Waals surface area contributed by atoms with E-state index in [-0.39, 0.29) is 29.7 Å². The highest BCUT2D eigenvalue weighted by atomic mass is 32.2. The molecular formula is C19H18F2N2OS2. The zero-order valence-electron chi connectivity index (χ0n) is 13.9. The van der Waals surface area contributed by atoms with E-state index in [0.717, 1.165) is 45.3 Å². The lowest BCUT2D eigenvalue weighted by Crippen LogP contribution is -2.41. The van der Waals surface area contributed by atoms with Crippen LogP contribution in [0.2, 0.25) is 0 Å². The largest absolute Gasteiger partial charge is 0.331 e. The molecule has 0 aromatic heterocycles. The van der Waals surface area contributed by atoms with Gasteiger partial charge >= 0.3 is 6.03 Å². The molecule has 0 saturated heterocycles. The Kier molecular flexibility index (Phi) is 5.09. The van der Waals surface area contributed by atoms with Crippen LogP contribution in [0, 0.1) is 11.6 Å². The number of fused-ring (bicyclic) bond motifs is 2. The molecule has 2 amide bonds. The average molecular weight is 392 g/mol. The molecule has 0 spiro atoms. The van der Waals surface area contributed by atoms with Gasteiger partial charge < -0.3 is 10.6 Å². The molecule has 0 aliphatic carbocycles. The van der Waals surface area contributed by atoms with E-state index in [9.17, 15) is 13.6 Å². The summed E-state index contributed by atoms with van der Waals surface area (Å²) in [4.78, 5) is 14.6. The third-order valence-corrected chi connectivity index (χ3v) is 6.88. The normalized spacial score (nSPS) is 21.5. The van der Waals surface area contributed by atoms with E-state index in [0.29, 0.717) is 0 Å². The van der Waals surface area contributed by atoms with Crippen molar-refractivity contribution in [3.8, 4) is 0 Å². The first-order chi connectivity index (χ1) is 12.6. The van der Waals surface area contributed by atoms with E-state index in [1.807, 2.05) is 0 Å². The summed E-state index contributed by atoms with van der Waals surface area (Å²) in [7, 11) is 0. The van der Waals surface area contributed by atoms with E-state index < -0.39 is 0 Å². The molecule has 0 fully saturated rings. The van der Waals surface area contributed by atoms with Crippen molar-refractivity contribution < 1.29 is 13.6 Å². The Hall–Kier alpha value is -1.73. The topological polar surface area (TPSA) is 41.1 Å². The van der Waals surface area contributed by atoms with Crippen LogP contribution in [0.25, 0.3) is 0 Å². The lowest BCUT2D eigenvalue weighted by atomic mass is 10.0. The first-order valence-electron chi connectivity index (χ1n) is 8.51. The lowest BCUT2D eigenvalue weighted by Gasteiger charge is -2.29. The van der Waals surface area contributed by atoms with Crippen LogP contribution in [0.1, 0.15) is 36.1 Å². The van der Waals surface area contributed by atoms with E-state index in [1.165, 1.54) is 24.3 Å². The van der Waals surface area contributed by atoms with E-state index >= 15 is 0 Å². The molecule has 2 aliphatic heterocycles. The minimum Gasteiger partial charge on any atom is -0.331 e. The molecule has 0 bridgehead atoms. The lowest BCUT2D eigenvalue weighted by molar-refractivity contribution is 0.232. The van der Waals surface area contributed by atoms with E-state index in [4.69, 9.17) is 0 Å². The quantitative estimate of drug-likeness (QED) is 0.752. The zero-order chi connectivity index (χ0) is 18.1. The summed E-state index contributed by atoms with van der Waals surface area (Å²) in [6.45, 7) is 0. The van der Waals surface area contributed by atoms with Crippen molar-refractivity contribution in [1.29, 1.82) is 0 Å². The van der Waals surface area contributed by atoms with Gasteiger partial charge in [-0.25, -0.2) is 13.6 Å². The number of urea groups is 1. The summed E-state index contributed by atoms with van der Waals surface area (Å²) in [5.41, 5.74) is 1.64. The van der Waals surface area contributed by atoms with E-state index in [1.54, 1.807) is 35.7 Å². The maximum absolute atomic E-state index is 13.6. The van der Waals surface area contributed by atoms with Crippen molar-refractivity contribution in [2.45, 2.75) is 34.7 Å². The molecule has 2 atom stereocenters. The Morgan fingerprint density at radius 1 is 0.846 bits per heavy atom. The fourth-order valence-corrected chi connectivity index (χ4v) is 5.60. The van der Waals surface area contributed by atoms with Crippen molar-refractivity contribution in [3.05, 3.63) is 59.2 Å². The van der Waals surface area contributed by atoms with Crippen LogP contribution in [0.3, 0.4) is 0 Å². The van der Waals surface area contributed by atoms with Gasteiger partial charge in [0, 0.05) is 21.3 Å². The number of halogens is 2. The summed E-state index contributed by atoms with van der Waals surface area (Å²) in [5, 5.41) is 5.93. The van der Waals surface area contributed by atoms with Crippen molar-refractivity contribution in [2.24, 2.45) is 0 Å². The molecule has 136 valence electrons. The Bertz CT molecular complexity index is 779. The average Bonchev–Trinajstić information content (AvgIpc) is 2.63. The van der Waals surface area contributed by atoms with Crippen LogP contribution in [0.15, 0.2) is 46.2 Å². The number of rotatable bonds is 2. The number of nitrogens with one attached hydrogen (secondary N) is 2.